The Balaban J connectivity index is 1.99. The first-order valence-corrected chi connectivity index (χ1v) is 7.61. The summed E-state index contributed by atoms with van der Waals surface area (Å²) in [6, 6.07) is 6.76. The number of carbonyl (C=O) groups excluding carboxylic acids is 1. The number of nitrogens with zero attached hydrogens (tertiary/aromatic N) is 3. The summed E-state index contributed by atoms with van der Waals surface area (Å²) in [4.78, 5) is 29.5. The van der Waals surface area contributed by atoms with E-state index in [1.807, 2.05) is 25.1 Å². The van der Waals surface area contributed by atoms with E-state index in [9.17, 15) is 9.59 Å². The van der Waals surface area contributed by atoms with Gasteiger partial charge in [-0.05, 0) is 45.4 Å². The van der Waals surface area contributed by atoms with Gasteiger partial charge in [0.25, 0.3) is 11.3 Å². The molecule has 124 valence electrons. The van der Waals surface area contributed by atoms with Crippen molar-refractivity contribution >= 4 is 22.7 Å². The van der Waals surface area contributed by atoms with E-state index in [1.54, 1.807) is 26.8 Å². The molecule has 1 N–H and O–H groups in total. The molecule has 0 fully saturated rings. The van der Waals surface area contributed by atoms with Gasteiger partial charge < -0.3 is 9.84 Å². The molecule has 0 aliphatic heterocycles. The number of anilines is 1. The van der Waals surface area contributed by atoms with E-state index in [0.29, 0.717) is 22.6 Å². The summed E-state index contributed by atoms with van der Waals surface area (Å²) in [6.07, 6.45) is 0. The second-order valence-corrected chi connectivity index (χ2v) is 5.82. The molecule has 2 aromatic heterocycles. The average molecular weight is 326 g/mol. The van der Waals surface area contributed by atoms with Crippen molar-refractivity contribution in [2.45, 2.75) is 33.7 Å². The lowest BCUT2D eigenvalue weighted by Gasteiger charge is -2.17. The monoisotopic (exact) mass is 326 g/mol. The van der Waals surface area contributed by atoms with Crippen LogP contribution < -0.4 is 10.9 Å². The van der Waals surface area contributed by atoms with Gasteiger partial charge in [0.2, 0.25) is 5.91 Å². The molecule has 0 spiro atoms. The van der Waals surface area contributed by atoms with Crippen LogP contribution in [-0.2, 0) is 4.79 Å². The van der Waals surface area contributed by atoms with Crippen LogP contribution in [0.5, 0.6) is 0 Å². The molecule has 0 aliphatic carbocycles. The predicted molar refractivity (Wildman–Crippen MR) is 90.1 cm³/mol. The van der Waals surface area contributed by atoms with Gasteiger partial charge in [0, 0.05) is 5.69 Å². The van der Waals surface area contributed by atoms with Gasteiger partial charge in [-0.25, -0.2) is 0 Å². The molecule has 0 unspecified atom stereocenters. The quantitative estimate of drug-likeness (QED) is 0.798. The first kappa shape index (κ1) is 15.9. The van der Waals surface area contributed by atoms with Crippen molar-refractivity contribution in [2.75, 3.05) is 5.32 Å². The second-order valence-electron chi connectivity index (χ2n) is 5.82. The molecule has 2 heterocycles. The maximum absolute atomic E-state index is 12.7. The lowest BCUT2D eigenvalue weighted by atomic mass is 10.2. The van der Waals surface area contributed by atoms with Crippen molar-refractivity contribution in [1.29, 1.82) is 0 Å². The van der Waals surface area contributed by atoms with Crippen LogP contribution in [0.15, 0.2) is 33.6 Å². The molecule has 1 atom stereocenters. The summed E-state index contributed by atoms with van der Waals surface area (Å²) >= 11 is 0. The Morgan fingerprint density at radius 2 is 2.04 bits per heavy atom. The van der Waals surface area contributed by atoms with Gasteiger partial charge in [0.1, 0.15) is 17.3 Å². The number of nitrogens with one attached hydrogen (secondary N) is 1. The van der Waals surface area contributed by atoms with Crippen LogP contribution in [0.4, 0.5) is 5.69 Å². The fraction of sp³-hybridized carbons (Fsp3) is 0.294. The number of rotatable bonds is 3. The highest BCUT2D eigenvalue weighted by atomic mass is 16.5. The van der Waals surface area contributed by atoms with Crippen LogP contribution in [0.25, 0.3) is 11.1 Å². The zero-order valence-electron chi connectivity index (χ0n) is 14.0. The number of aryl methyl sites for hydroxylation is 3. The van der Waals surface area contributed by atoms with Crippen molar-refractivity contribution in [3.8, 4) is 0 Å². The van der Waals surface area contributed by atoms with E-state index < -0.39 is 6.04 Å². The molecule has 1 amide bonds. The highest BCUT2D eigenvalue weighted by molar-refractivity contribution is 5.93. The Bertz CT molecular complexity index is 987. The maximum atomic E-state index is 12.7. The number of aromatic nitrogens is 3. The molecular weight excluding hydrogens is 308 g/mol. The van der Waals surface area contributed by atoms with E-state index in [2.05, 4.69) is 15.5 Å². The van der Waals surface area contributed by atoms with Gasteiger partial charge in [0.05, 0.1) is 5.69 Å². The van der Waals surface area contributed by atoms with Crippen LogP contribution in [-0.4, -0.2) is 20.6 Å². The van der Waals surface area contributed by atoms with Crippen LogP contribution in [0.1, 0.15) is 30.0 Å². The number of hydrogen-bond acceptors (Lipinski definition) is 5. The van der Waals surface area contributed by atoms with Crippen LogP contribution >= 0.6 is 0 Å². The Kier molecular flexibility index (Phi) is 3.92. The molecule has 3 aromatic rings. The number of hydrogen-bond donors (Lipinski definition) is 1. The van der Waals surface area contributed by atoms with E-state index in [-0.39, 0.29) is 17.2 Å². The molecule has 3 rings (SSSR count). The van der Waals surface area contributed by atoms with E-state index >= 15 is 0 Å². The van der Waals surface area contributed by atoms with Gasteiger partial charge in [-0.3, -0.25) is 14.2 Å². The SMILES string of the molecule is Cc1cccc(NC(=O)[C@H](C)n2c(C)nc3onc(C)c3c2=O)c1. The Morgan fingerprint density at radius 3 is 2.75 bits per heavy atom. The van der Waals surface area contributed by atoms with Crippen LogP contribution in [0, 0.1) is 20.8 Å². The second kappa shape index (κ2) is 5.92. The van der Waals surface area contributed by atoms with Gasteiger partial charge in [0.15, 0.2) is 0 Å². The normalized spacial score (nSPS) is 12.3. The van der Waals surface area contributed by atoms with Gasteiger partial charge >= 0.3 is 0 Å². The summed E-state index contributed by atoms with van der Waals surface area (Å²) in [7, 11) is 0. The molecule has 0 saturated heterocycles. The Hall–Kier alpha value is -2.96. The summed E-state index contributed by atoms with van der Waals surface area (Å²) < 4.78 is 6.40. The third kappa shape index (κ3) is 2.68. The van der Waals surface area contributed by atoms with Gasteiger partial charge in [-0.2, -0.15) is 4.98 Å². The minimum atomic E-state index is -0.718. The summed E-state index contributed by atoms with van der Waals surface area (Å²) in [5.74, 6) is 0.108. The minimum Gasteiger partial charge on any atom is -0.335 e. The van der Waals surface area contributed by atoms with Crippen molar-refractivity contribution in [1.82, 2.24) is 14.7 Å². The summed E-state index contributed by atoms with van der Waals surface area (Å²) in [5, 5.41) is 6.90. The molecule has 0 bridgehead atoms. The summed E-state index contributed by atoms with van der Waals surface area (Å²) in [6.45, 7) is 6.94. The molecule has 0 saturated carbocycles. The third-order valence-corrected chi connectivity index (χ3v) is 3.94. The summed E-state index contributed by atoms with van der Waals surface area (Å²) in [5.41, 5.74) is 2.05. The zero-order valence-corrected chi connectivity index (χ0v) is 14.0. The smallest absolute Gasteiger partial charge is 0.267 e. The Labute approximate surface area is 138 Å². The van der Waals surface area contributed by atoms with E-state index in [0.717, 1.165) is 5.56 Å². The fourth-order valence-corrected chi connectivity index (χ4v) is 2.69. The molecule has 7 heteroatoms. The number of benzene rings is 1. The minimum absolute atomic E-state index is 0.192. The largest absolute Gasteiger partial charge is 0.335 e. The number of carbonyl (C=O) groups is 1. The van der Waals surface area contributed by atoms with E-state index in [4.69, 9.17) is 4.52 Å². The van der Waals surface area contributed by atoms with Crippen LogP contribution in [0.2, 0.25) is 0 Å². The molecular formula is C17H18N4O3. The molecule has 7 nitrogen and oxygen atoms in total. The lowest BCUT2D eigenvalue weighted by molar-refractivity contribution is -0.118. The average Bonchev–Trinajstić information content (AvgIpc) is 2.88. The van der Waals surface area contributed by atoms with Gasteiger partial charge in [-0.1, -0.05) is 17.3 Å². The van der Waals surface area contributed by atoms with Crippen LogP contribution in [0.3, 0.4) is 0 Å². The molecule has 1 aromatic carbocycles. The first-order chi connectivity index (χ1) is 11.4. The highest BCUT2D eigenvalue weighted by Gasteiger charge is 2.22. The molecule has 0 aliphatic rings. The molecule has 24 heavy (non-hydrogen) atoms. The van der Waals surface area contributed by atoms with Crippen molar-refractivity contribution < 1.29 is 9.32 Å². The van der Waals surface area contributed by atoms with Gasteiger partial charge in [-0.15, -0.1) is 0 Å². The lowest BCUT2D eigenvalue weighted by Crippen LogP contribution is -2.33. The topological polar surface area (TPSA) is 90.0 Å². The van der Waals surface area contributed by atoms with Crippen molar-refractivity contribution in [2.24, 2.45) is 0 Å². The third-order valence-electron chi connectivity index (χ3n) is 3.94. The highest BCUT2D eigenvalue weighted by Crippen LogP contribution is 2.17. The first-order valence-electron chi connectivity index (χ1n) is 7.61. The number of amides is 1. The predicted octanol–water partition coefficient (Wildman–Crippen LogP) is 2.51. The van der Waals surface area contributed by atoms with E-state index in [1.165, 1.54) is 4.57 Å². The zero-order chi connectivity index (χ0) is 17.4. The number of fused-ring (bicyclic) bond motifs is 1. The molecule has 0 radical (unpaired) electrons. The standard InChI is InChI=1S/C17H18N4O3/c1-9-6-5-7-13(8-9)19-15(22)11(3)21-12(4)18-16-14(17(21)23)10(2)20-24-16/h5-8,11H,1-4H3,(H,19,22)/t11-/m0/s1. The van der Waals surface area contributed by atoms with Crippen molar-refractivity contribution in [3.63, 3.8) is 0 Å². The Morgan fingerprint density at radius 1 is 1.29 bits per heavy atom. The fourth-order valence-electron chi connectivity index (χ4n) is 2.69. The van der Waals surface area contributed by atoms with Crippen molar-refractivity contribution in [3.05, 3.63) is 51.7 Å². The maximum Gasteiger partial charge on any atom is 0.267 e.